The van der Waals surface area contributed by atoms with Gasteiger partial charge in [0, 0.05) is 6.20 Å². The van der Waals surface area contributed by atoms with E-state index in [1.54, 1.807) is 0 Å². The minimum Gasteiger partial charge on any atom is -0.481 e. The highest BCUT2D eigenvalue weighted by atomic mass is 16.4. The van der Waals surface area contributed by atoms with Gasteiger partial charge in [0.15, 0.2) is 5.69 Å². The highest BCUT2D eigenvalue weighted by Crippen LogP contribution is 2.04. The van der Waals surface area contributed by atoms with E-state index in [9.17, 15) is 19.2 Å². The first-order chi connectivity index (χ1) is 10.2. The summed E-state index contributed by atoms with van der Waals surface area (Å²) in [6.45, 7) is 0. The van der Waals surface area contributed by atoms with E-state index >= 15 is 0 Å². The van der Waals surface area contributed by atoms with Crippen LogP contribution in [-0.2, 0) is 9.59 Å². The topological polar surface area (TPSA) is 174 Å². The van der Waals surface area contributed by atoms with Crippen LogP contribution in [0.4, 0.5) is 0 Å². The van der Waals surface area contributed by atoms with Crippen LogP contribution in [0.3, 0.4) is 0 Å². The van der Waals surface area contributed by atoms with Crippen molar-refractivity contribution >= 4 is 23.9 Å². The summed E-state index contributed by atoms with van der Waals surface area (Å²) < 4.78 is 0. The molecule has 0 amide bonds. The molecular formula is C12H14N2O8. The molecule has 0 aromatic carbocycles. The summed E-state index contributed by atoms with van der Waals surface area (Å²) in [6, 6.07) is 1.58. The average Bonchev–Trinajstić information content (AvgIpc) is 2.44. The van der Waals surface area contributed by atoms with Gasteiger partial charge in [0.25, 0.3) is 0 Å². The predicted molar refractivity (Wildman–Crippen MR) is 70.9 cm³/mol. The van der Waals surface area contributed by atoms with E-state index in [4.69, 9.17) is 20.4 Å². The van der Waals surface area contributed by atoms with E-state index in [0.717, 1.165) is 0 Å². The van der Waals surface area contributed by atoms with Gasteiger partial charge in [-0.1, -0.05) is 0 Å². The zero-order valence-corrected chi connectivity index (χ0v) is 11.4. The Kier molecular flexibility index (Phi) is 7.79. The number of carboxylic acids is 4. The first-order valence-electron chi connectivity index (χ1n) is 5.74. The number of hydrogen-bond acceptors (Lipinski definition) is 6. The molecule has 0 aliphatic heterocycles. The van der Waals surface area contributed by atoms with E-state index in [0.29, 0.717) is 0 Å². The highest BCUT2D eigenvalue weighted by molar-refractivity contribution is 6.00. The zero-order chi connectivity index (χ0) is 17.3. The molecule has 22 heavy (non-hydrogen) atoms. The van der Waals surface area contributed by atoms with Gasteiger partial charge in [-0.2, -0.15) is 0 Å². The van der Waals surface area contributed by atoms with Gasteiger partial charge in [-0.05, 0) is 19.2 Å². The number of nitrogens with one attached hydrogen (secondary N) is 1. The molecule has 0 saturated carbocycles. The summed E-state index contributed by atoms with van der Waals surface area (Å²) in [4.78, 5) is 44.4. The molecule has 1 aromatic rings. The lowest BCUT2D eigenvalue weighted by Gasteiger charge is -2.06. The Bertz CT molecular complexity index is 539. The minimum absolute atomic E-state index is 0.301. The Morgan fingerprint density at radius 2 is 1.73 bits per heavy atom. The zero-order valence-electron chi connectivity index (χ0n) is 11.4. The van der Waals surface area contributed by atoms with Gasteiger partial charge >= 0.3 is 23.9 Å². The lowest BCUT2D eigenvalue weighted by atomic mass is 10.2. The maximum Gasteiger partial charge on any atom is 0.355 e. The molecular weight excluding hydrogens is 300 g/mol. The number of hydrogen-bond donors (Lipinski definition) is 5. The summed E-state index contributed by atoms with van der Waals surface area (Å²) in [5.41, 5.74) is -0.741. The smallest absolute Gasteiger partial charge is 0.355 e. The van der Waals surface area contributed by atoms with E-state index in [1.807, 2.05) is 0 Å². The molecule has 0 spiro atoms. The molecule has 120 valence electrons. The van der Waals surface area contributed by atoms with Gasteiger partial charge in [-0.3, -0.25) is 9.59 Å². The number of likely N-dealkylation sites (N-methyl/N-ethyl adjacent to an activating group) is 1. The Labute approximate surface area is 124 Å². The Balaban J connectivity index is 0.000000409. The van der Waals surface area contributed by atoms with Crippen LogP contribution in [0.15, 0.2) is 18.3 Å². The molecule has 0 bridgehead atoms. The molecule has 10 heteroatoms. The molecule has 1 atom stereocenters. The van der Waals surface area contributed by atoms with Crippen molar-refractivity contribution < 1.29 is 39.6 Å². The molecule has 1 aromatic heterocycles. The van der Waals surface area contributed by atoms with Crippen LogP contribution in [0.2, 0.25) is 0 Å². The summed E-state index contributed by atoms with van der Waals surface area (Å²) in [5.74, 6) is -4.90. The van der Waals surface area contributed by atoms with Crippen LogP contribution in [0.5, 0.6) is 0 Å². The second-order valence-electron chi connectivity index (χ2n) is 3.79. The van der Waals surface area contributed by atoms with Gasteiger partial charge in [-0.15, -0.1) is 0 Å². The first-order valence-corrected chi connectivity index (χ1v) is 5.74. The van der Waals surface area contributed by atoms with Crippen LogP contribution >= 0.6 is 0 Å². The fourth-order valence-electron chi connectivity index (χ4n) is 1.24. The van der Waals surface area contributed by atoms with E-state index in [1.165, 1.54) is 25.4 Å². The molecule has 1 rings (SSSR count). The maximum atomic E-state index is 10.4. The van der Waals surface area contributed by atoms with Crippen LogP contribution in [0, 0.1) is 0 Å². The maximum absolute atomic E-state index is 10.4. The normalized spacial score (nSPS) is 10.8. The second-order valence-corrected chi connectivity index (χ2v) is 3.79. The number of aromatic nitrogens is 1. The highest BCUT2D eigenvalue weighted by Gasteiger charge is 2.17. The quantitative estimate of drug-likeness (QED) is 0.465. The van der Waals surface area contributed by atoms with Crippen molar-refractivity contribution in [3.05, 3.63) is 29.6 Å². The molecule has 0 aliphatic carbocycles. The molecule has 0 saturated heterocycles. The van der Waals surface area contributed by atoms with Crippen LogP contribution in [0.1, 0.15) is 27.3 Å². The molecule has 10 nitrogen and oxygen atoms in total. The molecule has 0 fully saturated rings. The van der Waals surface area contributed by atoms with Crippen molar-refractivity contribution in [1.82, 2.24) is 10.3 Å². The largest absolute Gasteiger partial charge is 0.481 e. The SMILES string of the molecule is CN[C@H](CC(=O)O)C(=O)O.O=C(O)c1cccnc1C(=O)O. The van der Waals surface area contributed by atoms with Crippen LogP contribution in [0.25, 0.3) is 0 Å². The Morgan fingerprint density at radius 3 is 2.00 bits per heavy atom. The van der Waals surface area contributed by atoms with Crippen molar-refractivity contribution in [3.8, 4) is 0 Å². The van der Waals surface area contributed by atoms with Gasteiger partial charge in [-0.25, -0.2) is 14.6 Å². The Hall–Kier alpha value is -3.01. The van der Waals surface area contributed by atoms with Gasteiger partial charge < -0.3 is 25.7 Å². The van der Waals surface area contributed by atoms with Crippen molar-refractivity contribution in [2.45, 2.75) is 12.5 Å². The van der Waals surface area contributed by atoms with Crippen molar-refractivity contribution in [2.24, 2.45) is 0 Å². The van der Waals surface area contributed by atoms with Gasteiger partial charge in [0.2, 0.25) is 0 Å². The number of aromatic carboxylic acids is 2. The van der Waals surface area contributed by atoms with Crippen LogP contribution in [-0.4, -0.2) is 62.4 Å². The number of pyridine rings is 1. The van der Waals surface area contributed by atoms with Crippen molar-refractivity contribution in [3.63, 3.8) is 0 Å². The fourth-order valence-corrected chi connectivity index (χ4v) is 1.24. The van der Waals surface area contributed by atoms with E-state index in [-0.39, 0.29) is 5.56 Å². The third-order valence-corrected chi connectivity index (χ3v) is 2.27. The summed E-state index contributed by atoms with van der Waals surface area (Å²) in [7, 11) is 1.40. The van der Waals surface area contributed by atoms with Crippen LogP contribution < -0.4 is 5.32 Å². The number of rotatable bonds is 6. The number of carboxylic acid groups (broad SMARTS) is 4. The third-order valence-electron chi connectivity index (χ3n) is 2.27. The molecule has 0 aliphatic rings. The summed E-state index contributed by atoms with van der Waals surface area (Å²) >= 11 is 0. The standard InChI is InChI=1S/C7H5NO4.C5H9NO4/c9-6(10)4-2-1-3-8-5(4)7(11)12;1-6-3(5(9)10)2-4(7)8/h1-3H,(H,9,10)(H,11,12);3,6H,2H2,1H3,(H,7,8)(H,9,10)/t;3-/m.1/s1. The lowest BCUT2D eigenvalue weighted by molar-refractivity contribution is -0.145. The molecule has 0 radical (unpaired) electrons. The molecule has 0 unspecified atom stereocenters. The summed E-state index contributed by atoms with van der Waals surface area (Å²) in [5, 5.41) is 35.8. The molecule has 1 heterocycles. The minimum atomic E-state index is -1.34. The predicted octanol–water partition coefficient (Wildman–Crippen LogP) is -0.388. The monoisotopic (exact) mass is 314 g/mol. The van der Waals surface area contributed by atoms with Gasteiger partial charge in [0.1, 0.15) is 6.04 Å². The molecule has 5 N–H and O–H groups in total. The lowest BCUT2D eigenvalue weighted by Crippen LogP contribution is -2.35. The second kappa shape index (κ2) is 9.02. The van der Waals surface area contributed by atoms with E-state index in [2.05, 4.69) is 10.3 Å². The number of carbonyl (C=O) groups is 4. The summed E-state index contributed by atoms with van der Waals surface area (Å²) in [6.07, 6.45) is 0.835. The first kappa shape index (κ1) is 19.0. The van der Waals surface area contributed by atoms with E-state index < -0.39 is 42.0 Å². The Morgan fingerprint density at radius 1 is 1.14 bits per heavy atom. The number of aliphatic carboxylic acids is 2. The number of nitrogens with zero attached hydrogens (tertiary/aromatic N) is 1. The average molecular weight is 314 g/mol. The third kappa shape index (κ3) is 6.43. The van der Waals surface area contributed by atoms with Crippen molar-refractivity contribution in [1.29, 1.82) is 0 Å². The van der Waals surface area contributed by atoms with Gasteiger partial charge in [0.05, 0.1) is 12.0 Å². The van der Waals surface area contributed by atoms with Crippen molar-refractivity contribution in [2.75, 3.05) is 7.05 Å². The fraction of sp³-hybridized carbons (Fsp3) is 0.250.